The molecule has 0 radical (unpaired) electrons. The van der Waals surface area contributed by atoms with E-state index >= 15 is 0 Å². The van der Waals surface area contributed by atoms with Crippen molar-refractivity contribution in [3.8, 4) is 39.5 Å². The summed E-state index contributed by atoms with van der Waals surface area (Å²) in [5.41, 5.74) is 11.2. The number of hydrogen-bond acceptors (Lipinski definition) is 4. The van der Waals surface area contributed by atoms with Crippen LogP contribution in [0.2, 0.25) is 0 Å². The summed E-state index contributed by atoms with van der Waals surface area (Å²) in [6.45, 7) is 0. The largest absolute Gasteiger partial charge is 0.454 e. The van der Waals surface area contributed by atoms with Gasteiger partial charge in [-0.25, -0.2) is 4.98 Å². The van der Waals surface area contributed by atoms with Gasteiger partial charge in [0.1, 0.15) is 11.2 Å². The predicted molar refractivity (Wildman–Crippen MR) is 225 cm³/mol. The first-order chi connectivity index (χ1) is 27.2. The molecule has 5 nitrogen and oxygen atoms in total. The van der Waals surface area contributed by atoms with Crippen molar-refractivity contribution in [2.75, 3.05) is 0 Å². The zero-order chi connectivity index (χ0) is 36.0. The van der Waals surface area contributed by atoms with Crippen molar-refractivity contribution >= 4 is 76.6 Å². The molecule has 0 bridgehead atoms. The number of furan rings is 2. The summed E-state index contributed by atoms with van der Waals surface area (Å²) in [7, 11) is 0. The van der Waals surface area contributed by atoms with Crippen LogP contribution in [0.5, 0.6) is 0 Å². The van der Waals surface area contributed by atoms with Gasteiger partial charge in [0.05, 0.1) is 27.8 Å². The van der Waals surface area contributed by atoms with E-state index in [0.29, 0.717) is 11.5 Å². The molecule has 0 unspecified atom stereocenters. The second-order valence-corrected chi connectivity index (χ2v) is 14.2. The normalized spacial score (nSPS) is 12.0. The number of para-hydroxylation sites is 2. The van der Waals surface area contributed by atoms with Gasteiger partial charge in [0, 0.05) is 38.1 Å². The third-order valence-corrected chi connectivity index (χ3v) is 11.0. The molecule has 8 aromatic carbocycles. The van der Waals surface area contributed by atoms with E-state index in [0.717, 1.165) is 83.0 Å². The molecule has 0 aliphatic carbocycles. The molecule has 0 saturated heterocycles. The number of nitrogens with zero attached hydrogens (tertiary/aromatic N) is 3. The lowest BCUT2D eigenvalue weighted by molar-refractivity contribution is 0.653. The molecule has 0 aliphatic rings. The third kappa shape index (κ3) is 4.53. The first kappa shape index (κ1) is 30.0. The van der Waals surface area contributed by atoms with Gasteiger partial charge in [0.25, 0.3) is 0 Å². The van der Waals surface area contributed by atoms with Gasteiger partial charge in [-0.1, -0.05) is 127 Å². The van der Waals surface area contributed by atoms with E-state index in [1.165, 1.54) is 21.5 Å². The minimum atomic E-state index is 0.564. The molecule has 0 aliphatic heterocycles. The Morgan fingerprint density at radius 1 is 0.400 bits per heavy atom. The molecule has 5 heteroatoms. The Morgan fingerprint density at radius 2 is 1.07 bits per heavy atom. The smallest absolute Gasteiger partial charge is 0.231 e. The lowest BCUT2D eigenvalue weighted by Crippen LogP contribution is -1.96. The first-order valence-corrected chi connectivity index (χ1v) is 18.5. The minimum Gasteiger partial charge on any atom is -0.454 e. The van der Waals surface area contributed by atoms with Crippen LogP contribution < -0.4 is 0 Å². The summed E-state index contributed by atoms with van der Waals surface area (Å²) in [6.07, 6.45) is 0. The molecule has 12 aromatic rings. The monoisotopic (exact) mass is 703 g/mol. The van der Waals surface area contributed by atoms with Crippen molar-refractivity contribution in [3.63, 3.8) is 0 Å². The van der Waals surface area contributed by atoms with E-state index in [4.69, 9.17) is 18.8 Å². The van der Waals surface area contributed by atoms with Gasteiger partial charge in [-0.15, -0.1) is 0 Å². The average Bonchev–Trinajstić information content (AvgIpc) is 3.92. The van der Waals surface area contributed by atoms with Crippen molar-refractivity contribution in [2.24, 2.45) is 0 Å². The maximum Gasteiger partial charge on any atom is 0.231 e. The molecule has 12 rings (SSSR count). The average molecular weight is 704 g/mol. The summed E-state index contributed by atoms with van der Waals surface area (Å²) in [6, 6.07) is 61.5. The van der Waals surface area contributed by atoms with Crippen LogP contribution in [0, 0.1) is 0 Å². The summed E-state index contributed by atoms with van der Waals surface area (Å²) < 4.78 is 15.7. The van der Waals surface area contributed by atoms with E-state index in [1.807, 2.05) is 54.6 Å². The van der Waals surface area contributed by atoms with Crippen LogP contribution >= 0.6 is 0 Å². The Kier molecular flexibility index (Phi) is 6.27. The fourth-order valence-corrected chi connectivity index (χ4v) is 8.43. The maximum atomic E-state index is 6.76. The van der Waals surface area contributed by atoms with Gasteiger partial charge in [-0.3, -0.25) is 0 Å². The number of benzene rings is 8. The zero-order valence-corrected chi connectivity index (χ0v) is 29.4. The van der Waals surface area contributed by atoms with Gasteiger partial charge in [-0.05, 0) is 70.4 Å². The molecule has 0 N–H and O–H groups in total. The van der Waals surface area contributed by atoms with E-state index in [2.05, 4.69) is 126 Å². The van der Waals surface area contributed by atoms with Crippen LogP contribution in [0.3, 0.4) is 0 Å². The highest BCUT2D eigenvalue weighted by Crippen LogP contribution is 2.43. The van der Waals surface area contributed by atoms with Crippen molar-refractivity contribution in [3.05, 3.63) is 176 Å². The summed E-state index contributed by atoms with van der Waals surface area (Å²) in [5, 5.41) is 8.82. The molecule has 55 heavy (non-hydrogen) atoms. The molecule has 0 amide bonds. The van der Waals surface area contributed by atoms with Crippen molar-refractivity contribution in [1.29, 1.82) is 0 Å². The van der Waals surface area contributed by atoms with Gasteiger partial charge in [0.2, 0.25) is 5.71 Å². The Balaban J connectivity index is 1.15. The number of aromatic nitrogens is 3. The molecule has 256 valence electrons. The summed E-state index contributed by atoms with van der Waals surface area (Å²) in [4.78, 5) is 10.1. The molecule has 0 fully saturated rings. The van der Waals surface area contributed by atoms with Crippen molar-refractivity contribution in [2.45, 2.75) is 0 Å². The highest BCUT2D eigenvalue weighted by molar-refractivity contribution is 6.17. The second-order valence-electron chi connectivity index (χ2n) is 14.2. The molecule has 4 aromatic heterocycles. The number of hydrogen-bond donors (Lipinski definition) is 0. The molecular formula is C50H29N3O2. The van der Waals surface area contributed by atoms with E-state index in [-0.39, 0.29) is 0 Å². The topological polar surface area (TPSA) is 57.0 Å². The van der Waals surface area contributed by atoms with Crippen LogP contribution in [0.1, 0.15) is 0 Å². The molecule has 0 atom stereocenters. The Hall–Kier alpha value is -7.50. The van der Waals surface area contributed by atoms with Gasteiger partial charge in [-0.2, -0.15) is 4.98 Å². The molecular weight excluding hydrogens is 675 g/mol. The lowest BCUT2D eigenvalue weighted by Gasteiger charge is -2.12. The van der Waals surface area contributed by atoms with Crippen molar-refractivity contribution in [1.82, 2.24) is 14.5 Å². The van der Waals surface area contributed by atoms with E-state index < -0.39 is 0 Å². The minimum absolute atomic E-state index is 0.564. The van der Waals surface area contributed by atoms with Crippen molar-refractivity contribution < 1.29 is 8.83 Å². The van der Waals surface area contributed by atoms with Crippen LogP contribution in [0.15, 0.2) is 185 Å². The quantitative estimate of drug-likeness (QED) is 0.183. The molecule has 0 saturated carbocycles. The number of fused-ring (bicyclic) bond motifs is 10. The van der Waals surface area contributed by atoms with E-state index in [9.17, 15) is 0 Å². The third-order valence-electron chi connectivity index (χ3n) is 11.0. The van der Waals surface area contributed by atoms with Gasteiger partial charge >= 0.3 is 0 Å². The SMILES string of the molecule is c1ccc(-c2nc(-c3ccccc3)c3c(n2)oc2ccc(-c4cc(-n5c6ccccc6c6cc7ccccc7cc65)c5oc6ccccc6c5c4)cc23)cc1. The van der Waals surface area contributed by atoms with Gasteiger partial charge in [0.15, 0.2) is 11.4 Å². The maximum absolute atomic E-state index is 6.76. The Labute approximate surface area is 314 Å². The van der Waals surface area contributed by atoms with Crippen LogP contribution in [0.4, 0.5) is 0 Å². The van der Waals surface area contributed by atoms with Crippen LogP contribution in [0.25, 0.3) is 116 Å². The van der Waals surface area contributed by atoms with Crippen LogP contribution in [-0.2, 0) is 0 Å². The lowest BCUT2D eigenvalue weighted by atomic mass is 9.98. The Morgan fingerprint density at radius 3 is 1.91 bits per heavy atom. The van der Waals surface area contributed by atoms with E-state index in [1.54, 1.807) is 0 Å². The highest BCUT2D eigenvalue weighted by Gasteiger charge is 2.22. The fourth-order valence-electron chi connectivity index (χ4n) is 8.43. The Bertz CT molecular complexity index is 3480. The zero-order valence-electron chi connectivity index (χ0n) is 29.4. The summed E-state index contributed by atoms with van der Waals surface area (Å²) in [5.74, 6) is 0.632. The highest BCUT2D eigenvalue weighted by atomic mass is 16.3. The van der Waals surface area contributed by atoms with Gasteiger partial charge < -0.3 is 13.4 Å². The number of rotatable bonds is 4. The first-order valence-electron chi connectivity index (χ1n) is 18.5. The predicted octanol–water partition coefficient (Wildman–Crippen LogP) is 13.5. The summed E-state index contributed by atoms with van der Waals surface area (Å²) >= 11 is 0. The van der Waals surface area contributed by atoms with Crippen LogP contribution in [-0.4, -0.2) is 14.5 Å². The molecule has 0 spiro atoms. The fraction of sp³-hybridized carbons (Fsp3) is 0. The standard InChI is InChI=1S/C50H29N3O2/c1-3-13-30(14-4-1)47-46-40-26-34(23-24-45(40)55-50(46)52-49(51-47)31-15-5-2-6-16-31)35-27-39-37-20-10-12-22-44(37)54-48(39)43(29-35)53-41-21-11-9-19-36(41)38-25-32-17-7-8-18-33(32)28-42(38)53/h1-29H. The second kappa shape index (κ2) is 11.5. The molecule has 4 heterocycles.